The maximum Gasteiger partial charge on any atom is 0.431 e. The molecule has 4 atom stereocenters. The SMILES string of the molecule is COc1cc2c(cc1OCc1cc(COc3cc4c(cc3C)C(=O)N3c5ccccc5C[C@H]3C=N4)cc(NC(=O)[C@H](C)CC(=O)[C@H](C)NC(=O)CCCCC(=O)CCCCONC(=O)OCC[Si](C)(C)C)c1)CC[C@@H]1Cc3ccccc3N1C2=O. The number of ether oxygens (including phenoxy) is 4. The van der Waals surface area contributed by atoms with Crippen molar-refractivity contribution < 1.29 is 57.3 Å². The monoisotopic (exact) mass is 1170 g/mol. The quantitative estimate of drug-likeness (QED) is 0.0254. The fourth-order valence-corrected chi connectivity index (χ4v) is 12.0. The lowest BCUT2D eigenvalue weighted by atomic mass is 9.99. The normalized spacial score (nSPS) is 16.3. The van der Waals surface area contributed by atoms with Crippen molar-refractivity contribution >= 4 is 78.3 Å². The summed E-state index contributed by atoms with van der Waals surface area (Å²) in [4.78, 5) is 106. The van der Waals surface area contributed by atoms with E-state index >= 15 is 0 Å². The number of carbonyl (C=O) groups excluding carboxylic acids is 7. The van der Waals surface area contributed by atoms with Gasteiger partial charge in [0.25, 0.3) is 11.8 Å². The molecular weight excluding hydrogens is 1100 g/mol. The molecule has 9 rings (SSSR count). The molecular formula is C66H78N6O12Si. The molecule has 4 heterocycles. The number of anilines is 3. The first-order valence-corrected chi connectivity index (χ1v) is 33.3. The maximum absolute atomic E-state index is 14.2. The van der Waals surface area contributed by atoms with Crippen LogP contribution in [0.25, 0.3) is 0 Å². The van der Waals surface area contributed by atoms with Gasteiger partial charge in [-0.25, -0.2) is 4.79 Å². The molecule has 0 radical (unpaired) electrons. The summed E-state index contributed by atoms with van der Waals surface area (Å²) in [6, 6.07) is 28.6. The molecule has 4 aliphatic heterocycles. The van der Waals surface area contributed by atoms with Gasteiger partial charge < -0.3 is 34.5 Å². The Morgan fingerprint density at radius 3 is 2.09 bits per heavy atom. The molecule has 85 heavy (non-hydrogen) atoms. The Labute approximate surface area is 498 Å². The van der Waals surface area contributed by atoms with E-state index in [1.807, 2.05) is 83.6 Å². The van der Waals surface area contributed by atoms with Crippen LogP contribution in [-0.2, 0) is 61.2 Å². The number of amides is 5. The second-order valence-electron chi connectivity index (χ2n) is 23.9. The van der Waals surface area contributed by atoms with Crippen molar-refractivity contribution in [3.8, 4) is 17.2 Å². The summed E-state index contributed by atoms with van der Waals surface area (Å²) in [5.74, 6) is -0.543. The molecule has 18 nitrogen and oxygen atoms in total. The van der Waals surface area contributed by atoms with Crippen LogP contribution in [0.1, 0.15) is 126 Å². The van der Waals surface area contributed by atoms with Gasteiger partial charge in [-0.15, -0.1) is 0 Å². The predicted octanol–water partition coefficient (Wildman–Crippen LogP) is 11.3. The number of hydroxylamine groups is 1. The number of aryl methyl sites for hydroxylation is 2. The first-order valence-electron chi connectivity index (χ1n) is 29.6. The number of benzene rings is 5. The summed E-state index contributed by atoms with van der Waals surface area (Å²) in [5, 5.41) is 5.76. The van der Waals surface area contributed by atoms with Crippen molar-refractivity contribution in [1.29, 1.82) is 0 Å². The molecule has 5 amide bonds. The van der Waals surface area contributed by atoms with E-state index in [2.05, 4.69) is 41.8 Å². The Morgan fingerprint density at radius 1 is 0.718 bits per heavy atom. The number of fused-ring (bicyclic) bond motifs is 8. The maximum atomic E-state index is 14.2. The van der Waals surface area contributed by atoms with Gasteiger partial charge in [0, 0.05) is 87.0 Å². The van der Waals surface area contributed by atoms with Crippen LogP contribution in [0.3, 0.4) is 0 Å². The van der Waals surface area contributed by atoms with E-state index < -0.39 is 32.0 Å². The predicted molar refractivity (Wildman–Crippen MR) is 328 cm³/mol. The highest BCUT2D eigenvalue weighted by Crippen LogP contribution is 2.42. The topological polar surface area (TPSA) is 221 Å². The Morgan fingerprint density at radius 2 is 1.38 bits per heavy atom. The second-order valence-corrected chi connectivity index (χ2v) is 29.5. The number of nitrogens with zero attached hydrogens (tertiary/aromatic N) is 3. The highest BCUT2D eigenvalue weighted by atomic mass is 28.3. The fourth-order valence-electron chi connectivity index (χ4n) is 11.3. The molecule has 0 spiro atoms. The van der Waals surface area contributed by atoms with Gasteiger partial charge in [-0.2, -0.15) is 5.48 Å². The van der Waals surface area contributed by atoms with E-state index in [1.165, 1.54) is 0 Å². The van der Waals surface area contributed by atoms with Crippen molar-refractivity contribution in [1.82, 2.24) is 10.8 Å². The van der Waals surface area contributed by atoms with Crippen molar-refractivity contribution in [2.75, 3.05) is 35.4 Å². The van der Waals surface area contributed by atoms with Crippen molar-refractivity contribution in [3.05, 3.63) is 136 Å². The van der Waals surface area contributed by atoms with E-state index in [0.29, 0.717) is 109 Å². The van der Waals surface area contributed by atoms with Crippen molar-refractivity contribution in [2.45, 2.75) is 155 Å². The molecule has 0 aliphatic carbocycles. The second kappa shape index (κ2) is 27.7. The van der Waals surface area contributed by atoms with Gasteiger partial charge >= 0.3 is 6.09 Å². The van der Waals surface area contributed by atoms with Crippen LogP contribution in [-0.4, -0.2) is 94.0 Å². The van der Waals surface area contributed by atoms with Crippen LogP contribution in [0.4, 0.5) is 27.5 Å². The van der Waals surface area contributed by atoms with Gasteiger partial charge in [-0.05, 0) is 147 Å². The summed E-state index contributed by atoms with van der Waals surface area (Å²) in [5.41, 5.74) is 11.3. The average molecular weight is 1180 g/mol. The van der Waals surface area contributed by atoms with Crippen LogP contribution >= 0.6 is 0 Å². The van der Waals surface area contributed by atoms with E-state index in [4.69, 9.17) is 28.8 Å². The number of hydrogen-bond acceptors (Lipinski definition) is 13. The van der Waals surface area contributed by atoms with E-state index in [1.54, 1.807) is 45.2 Å². The van der Waals surface area contributed by atoms with Crippen LogP contribution < -0.4 is 40.1 Å². The molecule has 0 unspecified atom stereocenters. The van der Waals surface area contributed by atoms with E-state index in [-0.39, 0.29) is 74.0 Å². The number of carbonyl (C=O) groups is 7. The number of aliphatic imine (C=N–C) groups is 1. The molecule has 0 bridgehead atoms. The van der Waals surface area contributed by atoms with Crippen LogP contribution in [0.2, 0.25) is 25.7 Å². The lowest BCUT2D eigenvalue weighted by molar-refractivity contribution is -0.129. The third-order valence-corrected chi connectivity index (χ3v) is 17.7. The molecule has 0 saturated heterocycles. The number of rotatable bonds is 27. The first-order chi connectivity index (χ1) is 40.8. The highest BCUT2D eigenvalue weighted by molar-refractivity contribution is 6.76. The van der Waals surface area contributed by atoms with Crippen LogP contribution in [0.5, 0.6) is 17.2 Å². The largest absolute Gasteiger partial charge is 0.493 e. The van der Waals surface area contributed by atoms with Gasteiger partial charge in [0.15, 0.2) is 17.3 Å². The summed E-state index contributed by atoms with van der Waals surface area (Å²) < 4.78 is 24.0. The molecule has 448 valence electrons. The number of Topliss-reactive ketones (excluding diaryl/α,β-unsaturated/α-hetero) is 2. The highest BCUT2D eigenvalue weighted by Gasteiger charge is 2.39. The molecule has 5 aromatic carbocycles. The first kappa shape index (κ1) is 61.4. The number of para-hydroxylation sites is 2. The zero-order valence-corrected chi connectivity index (χ0v) is 50.8. The zero-order chi connectivity index (χ0) is 60.4. The minimum atomic E-state index is -1.31. The Kier molecular flexibility index (Phi) is 20.0. The summed E-state index contributed by atoms with van der Waals surface area (Å²) in [6.45, 7) is 12.5. The minimum Gasteiger partial charge on any atom is -0.493 e. The van der Waals surface area contributed by atoms with Crippen molar-refractivity contribution in [3.63, 3.8) is 0 Å². The molecule has 0 saturated carbocycles. The van der Waals surface area contributed by atoms with Crippen LogP contribution in [0, 0.1) is 12.8 Å². The van der Waals surface area contributed by atoms with Gasteiger partial charge in [0.05, 0.1) is 43.7 Å². The summed E-state index contributed by atoms with van der Waals surface area (Å²) in [7, 11) is 0.231. The van der Waals surface area contributed by atoms with E-state index in [0.717, 1.165) is 52.5 Å². The number of ketones is 2. The zero-order valence-electron chi connectivity index (χ0n) is 49.8. The molecule has 3 N–H and O–H groups in total. The fraction of sp³-hybridized carbons (Fsp3) is 0.424. The standard InChI is InChI=1S/C66H78N6O12Si/c1-41-28-54-55(67-38-51-34-48-17-9-12-21-57(48)72(51)65(54)78)37-59(41)82-39-44-30-45(40-83-61-35-46-23-24-50-33-47-16-8-11-20-56(47)71(50)64(77)53(46)36-60(61)80-4)32-49(31-44)69-63(76)42(2)29-58(74)43(3)68-62(75)22-13-10-18-52(73)19-14-15-25-84-70-66(79)81-26-27-85(5,6)7/h8-9,11-12,16-17,20-21,28,30-32,35-38,42-43,50-51H,10,13-15,18-19,22-27,29,33-34,39-40H2,1-7H3,(H,68,75)(H,69,76)(H,70,79)/t42-,43+,50-,51+/m1/s1. The Hall–Kier alpha value is -8.16. The minimum absolute atomic E-state index is 0.0490. The number of hydrogen-bond donors (Lipinski definition) is 3. The molecule has 0 fully saturated rings. The smallest absolute Gasteiger partial charge is 0.431 e. The molecule has 5 aromatic rings. The Balaban J connectivity index is 0.804. The van der Waals surface area contributed by atoms with Crippen LogP contribution in [0.15, 0.2) is 96.0 Å². The third-order valence-electron chi connectivity index (χ3n) is 16.0. The summed E-state index contributed by atoms with van der Waals surface area (Å²) >= 11 is 0. The number of methoxy groups -OCH3 is 1. The average Bonchev–Trinajstić information content (AvgIpc) is 2.12. The van der Waals surface area contributed by atoms with Crippen molar-refractivity contribution in [2.24, 2.45) is 10.9 Å². The number of nitrogens with one attached hydrogen (secondary N) is 3. The lowest BCUT2D eigenvalue weighted by Crippen LogP contribution is -2.39. The number of unbranched alkanes of at least 4 members (excludes halogenated alkanes) is 2. The molecule has 0 aromatic heterocycles. The van der Waals surface area contributed by atoms with Gasteiger partial charge in [0.2, 0.25) is 11.8 Å². The summed E-state index contributed by atoms with van der Waals surface area (Å²) in [6.07, 6.45) is 6.99. The Bertz CT molecular complexity index is 3380. The molecule has 19 heteroatoms. The third kappa shape index (κ3) is 15.6. The lowest BCUT2D eigenvalue weighted by Gasteiger charge is -2.23. The molecule has 4 aliphatic rings. The van der Waals surface area contributed by atoms with Gasteiger partial charge in [-0.1, -0.05) is 63.0 Å². The van der Waals surface area contributed by atoms with Gasteiger partial charge in [0.1, 0.15) is 24.7 Å². The van der Waals surface area contributed by atoms with E-state index in [9.17, 15) is 33.6 Å². The van der Waals surface area contributed by atoms with Gasteiger partial charge in [-0.3, -0.25) is 43.5 Å².